The fourth-order valence-corrected chi connectivity index (χ4v) is 4.75. The average molecular weight is 277 g/mol. The molecule has 0 unspecified atom stereocenters. The maximum absolute atomic E-state index is 5.66. The summed E-state index contributed by atoms with van der Waals surface area (Å²) in [6.07, 6.45) is 3.04. The summed E-state index contributed by atoms with van der Waals surface area (Å²) in [5.41, 5.74) is 1.24. The Morgan fingerprint density at radius 3 is 2.26 bits per heavy atom. The van der Waals surface area contributed by atoms with Crippen LogP contribution in [0.2, 0.25) is 18.1 Å². The van der Waals surface area contributed by atoms with Crippen LogP contribution in [0.25, 0.3) is 0 Å². The molecule has 2 nitrogen and oxygen atoms in total. The van der Waals surface area contributed by atoms with Crippen LogP contribution in [0.1, 0.15) is 32.8 Å². The highest BCUT2D eigenvalue weighted by Crippen LogP contribution is 2.20. The van der Waals surface area contributed by atoms with Gasteiger partial charge in [-0.2, -0.15) is 0 Å². The van der Waals surface area contributed by atoms with Crippen LogP contribution in [0.5, 0.6) is 0 Å². The molecule has 0 saturated carbocycles. The second-order valence-corrected chi connectivity index (χ2v) is 9.75. The van der Waals surface area contributed by atoms with Crippen molar-refractivity contribution in [3.05, 3.63) is 35.9 Å². The van der Waals surface area contributed by atoms with Crippen LogP contribution in [-0.2, 0) is 11.3 Å². The summed E-state index contributed by atoms with van der Waals surface area (Å²) in [5.74, 6) is 0. The van der Waals surface area contributed by atoms with Crippen molar-refractivity contribution in [2.24, 2.45) is 4.66 Å². The first kappa shape index (κ1) is 16.1. The molecular weight excluding hydrogens is 250 g/mol. The number of ether oxygens (including phenoxy) is 1. The second-order valence-electron chi connectivity index (χ2n) is 4.92. The Hall–Kier alpha value is -0.933. The van der Waals surface area contributed by atoms with Crippen molar-refractivity contribution in [3.63, 3.8) is 0 Å². The zero-order valence-electron chi connectivity index (χ0n) is 12.6. The molecule has 106 valence electrons. The molecule has 0 fully saturated rings. The first-order valence-corrected chi connectivity index (χ1v) is 9.98. The smallest absolute Gasteiger partial charge is 0.179 e. The van der Waals surface area contributed by atoms with Crippen LogP contribution in [0.3, 0.4) is 0 Å². The zero-order valence-corrected chi connectivity index (χ0v) is 13.6. The average Bonchev–Trinajstić information content (AvgIpc) is 2.48. The van der Waals surface area contributed by atoms with E-state index < -0.39 is 8.24 Å². The number of hydrogen-bond acceptors (Lipinski definition) is 2. The molecule has 1 aromatic rings. The molecule has 1 aromatic carbocycles. The monoisotopic (exact) mass is 277 g/mol. The van der Waals surface area contributed by atoms with E-state index in [-0.39, 0.29) is 0 Å². The highest BCUT2D eigenvalue weighted by Gasteiger charge is 2.25. The Morgan fingerprint density at radius 2 is 1.68 bits per heavy atom. The fraction of sp³-hybridized carbons (Fsp3) is 0.562. The highest BCUT2D eigenvalue weighted by molar-refractivity contribution is 6.78. The minimum Gasteiger partial charge on any atom is -0.376 e. The predicted octanol–water partition coefficient (Wildman–Crippen LogP) is 4.67. The quantitative estimate of drug-likeness (QED) is 0.365. The standard InChI is InChI=1S/C16H27NOSi/c1-4-19(5-2,6-3)17-13-10-14-18-15-16-11-8-7-9-12-16/h7-9,11-13H,4-6,10,14-15H2,1-3H3. The normalized spacial score (nSPS) is 12.2. The molecule has 0 heterocycles. The van der Waals surface area contributed by atoms with Gasteiger partial charge in [-0.25, -0.2) is 0 Å². The minimum absolute atomic E-state index is 0.701. The Morgan fingerprint density at radius 1 is 1.05 bits per heavy atom. The van der Waals surface area contributed by atoms with Crippen molar-refractivity contribution in [2.45, 2.75) is 51.9 Å². The van der Waals surface area contributed by atoms with E-state index in [0.29, 0.717) is 6.61 Å². The first-order chi connectivity index (χ1) is 9.26. The summed E-state index contributed by atoms with van der Waals surface area (Å²) in [6.45, 7) is 8.31. The minimum atomic E-state index is -1.33. The lowest BCUT2D eigenvalue weighted by Crippen LogP contribution is -2.29. The van der Waals surface area contributed by atoms with Crippen LogP contribution in [0, 0.1) is 0 Å². The number of nitrogens with zero attached hydrogens (tertiary/aromatic N) is 1. The van der Waals surface area contributed by atoms with Gasteiger partial charge in [0.2, 0.25) is 0 Å². The molecule has 0 aliphatic rings. The summed E-state index contributed by atoms with van der Waals surface area (Å²) in [6, 6.07) is 14.1. The van der Waals surface area contributed by atoms with Crippen molar-refractivity contribution in [2.75, 3.05) is 6.61 Å². The van der Waals surface area contributed by atoms with Gasteiger partial charge in [0, 0.05) is 6.42 Å². The number of benzene rings is 1. The van der Waals surface area contributed by atoms with Gasteiger partial charge in [0.25, 0.3) is 0 Å². The van der Waals surface area contributed by atoms with Crippen LogP contribution < -0.4 is 0 Å². The van der Waals surface area contributed by atoms with Gasteiger partial charge in [0.15, 0.2) is 8.24 Å². The van der Waals surface area contributed by atoms with Gasteiger partial charge in [-0.15, -0.1) is 0 Å². The molecule has 0 aliphatic carbocycles. The molecule has 0 saturated heterocycles. The summed E-state index contributed by atoms with van der Waals surface area (Å²) in [7, 11) is -1.33. The van der Waals surface area contributed by atoms with Crippen LogP contribution >= 0.6 is 0 Å². The van der Waals surface area contributed by atoms with E-state index in [1.165, 1.54) is 23.7 Å². The molecule has 1 rings (SSSR count). The Balaban J connectivity index is 2.23. The topological polar surface area (TPSA) is 21.6 Å². The summed E-state index contributed by atoms with van der Waals surface area (Å²) >= 11 is 0. The first-order valence-electron chi connectivity index (χ1n) is 7.41. The Bertz CT molecular complexity index is 352. The van der Waals surface area contributed by atoms with E-state index in [2.05, 4.69) is 39.1 Å². The van der Waals surface area contributed by atoms with E-state index in [4.69, 9.17) is 9.39 Å². The van der Waals surface area contributed by atoms with Gasteiger partial charge in [-0.05, 0) is 29.9 Å². The lowest BCUT2D eigenvalue weighted by atomic mass is 10.2. The molecule has 0 aliphatic heterocycles. The molecule has 0 spiro atoms. The van der Waals surface area contributed by atoms with E-state index in [9.17, 15) is 0 Å². The van der Waals surface area contributed by atoms with E-state index in [0.717, 1.165) is 13.0 Å². The maximum Gasteiger partial charge on any atom is 0.179 e. The third-order valence-electron chi connectivity index (χ3n) is 3.84. The summed E-state index contributed by atoms with van der Waals surface area (Å²) in [5, 5.41) is 0. The van der Waals surface area contributed by atoms with Gasteiger partial charge in [-0.3, -0.25) is 0 Å². The van der Waals surface area contributed by atoms with Crippen molar-refractivity contribution >= 4 is 14.5 Å². The van der Waals surface area contributed by atoms with Crippen LogP contribution in [-0.4, -0.2) is 21.1 Å². The van der Waals surface area contributed by atoms with Crippen LogP contribution in [0.4, 0.5) is 0 Å². The molecule has 3 heteroatoms. The molecular formula is C16H27NOSi. The molecule has 0 N–H and O–H groups in total. The SMILES string of the molecule is CC[Si](CC)(CC)N=CCCOCc1ccccc1. The van der Waals surface area contributed by atoms with Gasteiger partial charge >= 0.3 is 0 Å². The van der Waals surface area contributed by atoms with Gasteiger partial charge in [-0.1, -0.05) is 51.1 Å². The summed E-state index contributed by atoms with van der Waals surface area (Å²) < 4.78 is 10.5. The Kier molecular flexibility index (Phi) is 7.68. The number of rotatable bonds is 9. The number of hydrogen-bond donors (Lipinski definition) is 0. The van der Waals surface area contributed by atoms with E-state index in [1.807, 2.05) is 18.2 Å². The van der Waals surface area contributed by atoms with Crippen molar-refractivity contribution in [1.82, 2.24) is 0 Å². The van der Waals surface area contributed by atoms with Crippen molar-refractivity contribution in [3.8, 4) is 0 Å². The second kappa shape index (κ2) is 9.05. The van der Waals surface area contributed by atoms with Gasteiger partial charge in [0.1, 0.15) is 0 Å². The molecule has 0 aromatic heterocycles. The van der Waals surface area contributed by atoms with Crippen molar-refractivity contribution < 1.29 is 4.74 Å². The lowest BCUT2D eigenvalue weighted by molar-refractivity contribution is 0.128. The van der Waals surface area contributed by atoms with Gasteiger partial charge in [0.05, 0.1) is 13.2 Å². The Labute approximate surface area is 119 Å². The molecule has 0 amide bonds. The fourth-order valence-electron chi connectivity index (χ4n) is 2.18. The maximum atomic E-state index is 5.66. The molecule has 0 radical (unpaired) electrons. The predicted molar refractivity (Wildman–Crippen MR) is 86.4 cm³/mol. The van der Waals surface area contributed by atoms with Crippen LogP contribution in [0.15, 0.2) is 35.0 Å². The summed E-state index contributed by atoms with van der Waals surface area (Å²) in [4.78, 5) is 0. The largest absolute Gasteiger partial charge is 0.376 e. The molecule has 19 heavy (non-hydrogen) atoms. The van der Waals surface area contributed by atoms with E-state index >= 15 is 0 Å². The van der Waals surface area contributed by atoms with E-state index in [1.54, 1.807) is 0 Å². The zero-order chi connectivity index (χ0) is 14.0. The van der Waals surface area contributed by atoms with Crippen molar-refractivity contribution in [1.29, 1.82) is 0 Å². The molecule has 0 bridgehead atoms. The molecule has 0 atom stereocenters. The lowest BCUT2D eigenvalue weighted by Gasteiger charge is -2.21. The third kappa shape index (κ3) is 5.70. The highest BCUT2D eigenvalue weighted by atomic mass is 28.3. The van der Waals surface area contributed by atoms with Gasteiger partial charge < -0.3 is 9.39 Å². The third-order valence-corrected chi connectivity index (χ3v) is 8.52.